The number of anilines is 1. The largest absolute Gasteiger partial charge is 0.478 e. The molecule has 2 aromatic rings. The van der Waals surface area contributed by atoms with E-state index >= 15 is 0 Å². The molecule has 2 rings (SSSR count). The van der Waals surface area contributed by atoms with Crippen molar-refractivity contribution in [3.63, 3.8) is 0 Å². The van der Waals surface area contributed by atoms with Crippen molar-refractivity contribution in [1.29, 1.82) is 0 Å². The number of carboxylic acid groups (broad SMARTS) is 1. The Hall–Kier alpha value is -2.30. The third-order valence-corrected chi connectivity index (χ3v) is 2.54. The van der Waals surface area contributed by atoms with Crippen LogP contribution in [0, 0.1) is 13.8 Å². The lowest BCUT2D eigenvalue weighted by Crippen LogP contribution is -2.06. The Balaban J connectivity index is 2.17. The average molecular weight is 246 g/mol. The molecule has 0 spiro atoms. The normalized spacial score (nSPS) is 10.3. The second-order valence-electron chi connectivity index (χ2n) is 4.14. The number of carbonyl (C=O) groups is 1. The molecule has 1 aromatic heterocycles. The van der Waals surface area contributed by atoms with Gasteiger partial charge >= 0.3 is 5.97 Å². The van der Waals surface area contributed by atoms with Gasteiger partial charge in [0.05, 0.1) is 17.8 Å². The van der Waals surface area contributed by atoms with Gasteiger partial charge in [0.2, 0.25) is 0 Å². The minimum Gasteiger partial charge on any atom is -0.478 e. The van der Waals surface area contributed by atoms with Gasteiger partial charge in [0.25, 0.3) is 0 Å². The summed E-state index contributed by atoms with van der Waals surface area (Å²) in [6, 6.07) is 6.97. The van der Waals surface area contributed by atoms with Gasteiger partial charge in [0.15, 0.2) is 5.76 Å². The van der Waals surface area contributed by atoms with Crippen molar-refractivity contribution in [2.45, 2.75) is 20.4 Å². The highest BCUT2D eigenvalue weighted by molar-refractivity contribution is 5.94. The molecule has 0 fully saturated rings. The van der Waals surface area contributed by atoms with Crippen LogP contribution < -0.4 is 5.32 Å². The Bertz CT molecular complexity index is 575. The molecule has 1 heterocycles. The lowest BCUT2D eigenvalue weighted by atomic mass is 10.1. The second-order valence-corrected chi connectivity index (χ2v) is 4.14. The number of carboxylic acids is 1. The quantitative estimate of drug-likeness (QED) is 0.867. The molecule has 18 heavy (non-hydrogen) atoms. The molecule has 5 nitrogen and oxygen atoms in total. The minimum atomic E-state index is -0.953. The maximum atomic E-state index is 11.1. The zero-order valence-electron chi connectivity index (χ0n) is 10.2. The molecular weight excluding hydrogens is 232 g/mol. The van der Waals surface area contributed by atoms with Crippen molar-refractivity contribution in [1.82, 2.24) is 5.16 Å². The molecule has 0 atom stereocenters. The van der Waals surface area contributed by atoms with E-state index in [1.807, 2.05) is 19.9 Å². The van der Waals surface area contributed by atoms with Gasteiger partial charge in [-0.25, -0.2) is 4.79 Å². The Morgan fingerprint density at radius 3 is 2.78 bits per heavy atom. The van der Waals surface area contributed by atoms with E-state index in [0.717, 1.165) is 11.3 Å². The summed E-state index contributed by atoms with van der Waals surface area (Å²) in [4.78, 5) is 11.1. The molecule has 94 valence electrons. The summed E-state index contributed by atoms with van der Waals surface area (Å²) >= 11 is 0. The minimum absolute atomic E-state index is 0.247. The van der Waals surface area contributed by atoms with Crippen LogP contribution in [0.1, 0.15) is 27.4 Å². The first-order valence-electron chi connectivity index (χ1n) is 5.56. The molecule has 1 aromatic carbocycles. The molecule has 0 amide bonds. The fourth-order valence-electron chi connectivity index (χ4n) is 1.67. The first-order valence-corrected chi connectivity index (χ1v) is 5.56. The fraction of sp³-hybridized carbons (Fsp3) is 0.231. The van der Waals surface area contributed by atoms with E-state index in [1.165, 1.54) is 0 Å². The molecule has 0 bridgehead atoms. The Kier molecular flexibility index (Phi) is 3.32. The molecule has 0 saturated carbocycles. The topological polar surface area (TPSA) is 75.4 Å². The highest BCUT2D eigenvalue weighted by atomic mass is 16.5. The standard InChI is InChI=1S/C13H14N2O3/c1-8-3-4-11(13(16)17)12(5-8)14-7-10-6-9(2)15-18-10/h3-6,14H,7H2,1-2H3,(H,16,17). The van der Waals surface area contributed by atoms with Crippen LogP contribution in [0.5, 0.6) is 0 Å². The van der Waals surface area contributed by atoms with Crippen LogP contribution in [-0.4, -0.2) is 16.2 Å². The van der Waals surface area contributed by atoms with Crippen LogP contribution in [-0.2, 0) is 6.54 Å². The van der Waals surface area contributed by atoms with Crippen molar-refractivity contribution >= 4 is 11.7 Å². The van der Waals surface area contributed by atoms with Gasteiger partial charge in [-0.05, 0) is 31.5 Å². The van der Waals surface area contributed by atoms with Gasteiger partial charge in [-0.2, -0.15) is 0 Å². The number of benzene rings is 1. The van der Waals surface area contributed by atoms with E-state index in [9.17, 15) is 4.79 Å². The second kappa shape index (κ2) is 4.91. The fourth-order valence-corrected chi connectivity index (χ4v) is 1.67. The van der Waals surface area contributed by atoms with E-state index in [2.05, 4.69) is 10.5 Å². The van der Waals surface area contributed by atoms with Gasteiger partial charge in [-0.15, -0.1) is 0 Å². The third-order valence-electron chi connectivity index (χ3n) is 2.54. The maximum absolute atomic E-state index is 11.1. The number of aromatic carboxylic acids is 1. The molecule has 2 N–H and O–H groups in total. The third kappa shape index (κ3) is 2.68. The first kappa shape index (κ1) is 12.2. The van der Waals surface area contributed by atoms with Gasteiger partial charge in [0.1, 0.15) is 0 Å². The Labute approximate surface area is 104 Å². The maximum Gasteiger partial charge on any atom is 0.337 e. The smallest absolute Gasteiger partial charge is 0.337 e. The summed E-state index contributed by atoms with van der Waals surface area (Å²) in [5, 5.41) is 15.9. The summed E-state index contributed by atoms with van der Waals surface area (Å²) in [6.07, 6.45) is 0. The molecule has 0 unspecified atom stereocenters. The Morgan fingerprint density at radius 2 is 2.17 bits per heavy atom. The van der Waals surface area contributed by atoms with E-state index < -0.39 is 5.97 Å². The number of aryl methyl sites for hydroxylation is 2. The number of rotatable bonds is 4. The van der Waals surface area contributed by atoms with Crippen LogP contribution >= 0.6 is 0 Å². The number of nitrogens with one attached hydrogen (secondary N) is 1. The number of hydrogen-bond acceptors (Lipinski definition) is 4. The van der Waals surface area contributed by atoms with E-state index in [0.29, 0.717) is 18.0 Å². The van der Waals surface area contributed by atoms with Crippen LogP contribution in [0.15, 0.2) is 28.8 Å². The number of aromatic nitrogens is 1. The van der Waals surface area contributed by atoms with Crippen LogP contribution in [0.25, 0.3) is 0 Å². The van der Waals surface area contributed by atoms with Crippen molar-refractivity contribution < 1.29 is 14.4 Å². The zero-order chi connectivity index (χ0) is 13.1. The Morgan fingerprint density at radius 1 is 1.39 bits per heavy atom. The molecule has 5 heteroatoms. The molecule has 0 aliphatic heterocycles. The summed E-state index contributed by atoms with van der Waals surface area (Å²) in [6.45, 7) is 4.16. The summed E-state index contributed by atoms with van der Waals surface area (Å²) in [5.41, 5.74) is 2.62. The van der Waals surface area contributed by atoms with Gasteiger partial charge < -0.3 is 14.9 Å². The van der Waals surface area contributed by atoms with Crippen LogP contribution in [0.3, 0.4) is 0 Å². The van der Waals surface area contributed by atoms with Gasteiger partial charge in [-0.1, -0.05) is 11.2 Å². The highest BCUT2D eigenvalue weighted by Crippen LogP contribution is 2.18. The van der Waals surface area contributed by atoms with Crippen molar-refractivity contribution in [2.24, 2.45) is 0 Å². The molecule has 0 aliphatic rings. The number of hydrogen-bond donors (Lipinski definition) is 2. The summed E-state index contributed by atoms with van der Waals surface area (Å²) in [7, 11) is 0. The molecule has 0 aliphatic carbocycles. The predicted octanol–water partition coefficient (Wildman–Crippen LogP) is 2.60. The van der Waals surface area contributed by atoms with Crippen molar-refractivity contribution in [2.75, 3.05) is 5.32 Å². The van der Waals surface area contributed by atoms with Crippen LogP contribution in [0.2, 0.25) is 0 Å². The molecule has 0 radical (unpaired) electrons. The lowest BCUT2D eigenvalue weighted by molar-refractivity contribution is 0.0698. The van der Waals surface area contributed by atoms with E-state index in [-0.39, 0.29) is 5.56 Å². The van der Waals surface area contributed by atoms with E-state index in [1.54, 1.807) is 18.2 Å². The predicted molar refractivity (Wildman–Crippen MR) is 66.7 cm³/mol. The number of nitrogens with zero attached hydrogens (tertiary/aromatic N) is 1. The summed E-state index contributed by atoms with van der Waals surface area (Å²) < 4.78 is 5.06. The zero-order valence-corrected chi connectivity index (χ0v) is 10.2. The first-order chi connectivity index (χ1) is 8.56. The van der Waals surface area contributed by atoms with Gasteiger partial charge in [-0.3, -0.25) is 0 Å². The monoisotopic (exact) mass is 246 g/mol. The molecular formula is C13H14N2O3. The van der Waals surface area contributed by atoms with E-state index in [4.69, 9.17) is 9.63 Å². The lowest BCUT2D eigenvalue weighted by Gasteiger charge is -2.08. The van der Waals surface area contributed by atoms with Crippen molar-refractivity contribution in [3.8, 4) is 0 Å². The van der Waals surface area contributed by atoms with Gasteiger partial charge in [0, 0.05) is 11.8 Å². The molecule has 0 saturated heterocycles. The van der Waals surface area contributed by atoms with Crippen LogP contribution in [0.4, 0.5) is 5.69 Å². The summed E-state index contributed by atoms with van der Waals surface area (Å²) in [5.74, 6) is -0.281. The SMILES string of the molecule is Cc1ccc(C(=O)O)c(NCc2cc(C)no2)c1. The van der Waals surface area contributed by atoms with Crippen molar-refractivity contribution in [3.05, 3.63) is 46.8 Å². The highest BCUT2D eigenvalue weighted by Gasteiger charge is 2.10. The average Bonchev–Trinajstić information content (AvgIpc) is 2.72.